The summed E-state index contributed by atoms with van der Waals surface area (Å²) in [6, 6.07) is 9.73. The molecule has 184 valence electrons. The first-order valence-corrected chi connectivity index (χ1v) is 11.4. The number of carbonyl (C=O) groups excluding carboxylic acids is 1. The Balaban J connectivity index is 1.80. The number of hydrogen-bond donors (Lipinski definition) is 2. The Hall–Kier alpha value is -4.21. The number of primary amides is 1. The maximum atomic E-state index is 14.8. The number of halogens is 3. The minimum Gasteiger partial charge on any atom is -0.369 e. The number of amides is 1. The smallest absolute Gasteiger partial charge is 0.256 e. The van der Waals surface area contributed by atoms with Crippen LogP contribution in [0.4, 0.5) is 19.1 Å². The predicted octanol–water partition coefficient (Wildman–Crippen LogP) is 4.24. The molecule has 0 spiro atoms. The van der Waals surface area contributed by atoms with Crippen LogP contribution in [0, 0.1) is 30.3 Å². The minimum atomic E-state index is -0.943. The molecule has 1 amide bonds. The Morgan fingerprint density at radius 3 is 2.50 bits per heavy atom. The van der Waals surface area contributed by atoms with Gasteiger partial charge in [0.25, 0.3) is 5.56 Å². The second kappa shape index (κ2) is 9.10. The molecule has 0 radical (unpaired) electrons. The number of aryl methyl sites for hydroxylation is 1. The van der Waals surface area contributed by atoms with Crippen LogP contribution in [-0.2, 0) is 4.79 Å². The molecule has 0 bridgehead atoms. The van der Waals surface area contributed by atoms with Crippen molar-refractivity contribution in [3.8, 4) is 16.9 Å². The van der Waals surface area contributed by atoms with Crippen LogP contribution in [0.2, 0.25) is 0 Å². The molecule has 5 rings (SSSR count). The van der Waals surface area contributed by atoms with Gasteiger partial charge in [0.15, 0.2) is 5.65 Å². The predicted molar refractivity (Wildman–Crippen MR) is 129 cm³/mol. The summed E-state index contributed by atoms with van der Waals surface area (Å²) >= 11 is 0. The second-order valence-corrected chi connectivity index (χ2v) is 8.86. The molecule has 1 saturated carbocycles. The summed E-state index contributed by atoms with van der Waals surface area (Å²) in [7, 11) is 0. The number of carbonyl (C=O) groups is 1. The molecule has 1 aliphatic carbocycles. The van der Waals surface area contributed by atoms with Crippen LogP contribution in [0.25, 0.3) is 28.0 Å². The normalized spacial score (nSPS) is 17.4. The Bertz CT molecular complexity index is 1550. The zero-order valence-electron chi connectivity index (χ0n) is 19.3. The molecule has 2 aromatic carbocycles. The topological polar surface area (TPSA) is 103 Å². The summed E-state index contributed by atoms with van der Waals surface area (Å²) in [6.45, 7) is 1.70. The van der Waals surface area contributed by atoms with E-state index in [4.69, 9.17) is 5.73 Å². The van der Waals surface area contributed by atoms with Crippen LogP contribution in [0.3, 0.4) is 0 Å². The summed E-state index contributed by atoms with van der Waals surface area (Å²) in [5.74, 6) is -3.17. The van der Waals surface area contributed by atoms with E-state index in [1.54, 1.807) is 6.92 Å². The van der Waals surface area contributed by atoms with Crippen LogP contribution in [0.5, 0.6) is 0 Å². The van der Waals surface area contributed by atoms with Crippen LogP contribution in [-0.4, -0.2) is 26.5 Å². The number of anilines is 1. The summed E-state index contributed by atoms with van der Waals surface area (Å²) < 4.78 is 44.3. The first kappa shape index (κ1) is 23.5. The lowest BCUT2D eigenvalue weighted by Crippen LogP contribution is -2.35. The number of nitrogens with two attached hydrogens (primary N) is 1. The Labute approximate surface area is 203 Å². The number of benzene rings is 2. The molecule has 1 unspecified atom stereocenters. The first-order chi connectivity index (χ1) is 17.2. The maximum Gasteiger partial charge on any atom is 0.256 e. The summed E-state index contributed by atoms with van der Waals surface area (Å²) in [5.41, 5.74) is 5.68. The van der Waals surface area contributed by atoms with Crippen LogP contribution >= 0.6 is 0 Å². The number of para-hydroxylation sites is 1. The molecule has 36 heavy (non-hydrogen) atoms. The van der Waals surface area contributed by atoms with Gasteiger partial charge in [0.1, 0.15) is 23.1 Å². The summed E-state index contributed by atoms with van der Waals surface area (Å²) in [6.07, 6.45) is 2.02. The highest BCUT2D eigenvalue weighted by molar-refractivity contribution is 5.93. The molecule has 0 aliphatic heterocycles. The number of nitrogens with one attached hydrogen (secondary N) is 1. The van der Waals surface area contributed by atoms with E-state index in [-0.39, 0.29) is 17.6 Å². The zero-order chi connectivity index (χ0) is 25.6. The van der Waals surface area contributed by atoms with E-state index in [0.29, 0.717) is 35.0 Å². The lowest BCUT2D eigenvalue weighted by molar-refractivity contribution is -0.121. The van der Waals surface area contributed by atoms with Gasteiger partial charge in [0.05, 0.1) is 11.6 Å². The van der Waals surface area contributed by atoms with Crippen molar-refractivity contribution in [1.82, 2.24) is 14.5 Å². The molecule has 7 nitrogen and oxygen atoms in total. The van der Waals surface area contributed by atoms with E-state index in [9.17, 15) is 22.8 Å². The molecule has 2 aromatic heterocycles. The average molecular weight is 493 g/mol. The highest BCUT2D eigenvalue weighted by Crippen LogP contribution is 2.33. The van der Waals surface area contributed by atoms with Gasteiger partial charge in [-0.25, -0.2) is 18.2 Å². The van der Waals surface area contributed by atoms with E-state index in [0.717, 1.165) is 23.1 Å². The minimum absolute atomic E-state index is 0.0450. The molecule has 0 saturated heterocycles. The Morgan fingerprint density at radius 2 is 1.81 bits per heavy atom. The van der Waals surface area contributed by atoms with Crippen molar-refractivity contribution in [3.05, 3.63) is 81.9 Å². The average Bonchev–Trinajstić information content (AvgIpc) is 3.28. The van der Waals surface area contributed by atoms with Crippen molar-refractivity contribution in [2.45, 2.75) is 32.2 Å². The number of rotatable bonds is 5. The van der Waals surface area contributed by atoms with Gasteiger partial charge in [-0.2, -0.15) is 4.98 Å². The SMILES string of the molecule is Cc1cc(F)ccc1-c1nc(NC2CCC[C@@H]2C(N)=O)nc2c1ccc(=O)n2-c1c(F)cccc1F. The van der Waals surface area contributed by atoms with Crippen LogP contribution < -0.4 is 16.6 Å². The third-order valence-electron chi connectivity index (χ3n) is 6.55. The summed E-state index contributed by atoms with van der Waals surface area (Å²) in [5, 5.41) is 3.46. The zero-order valence-corrected chi connectivity index (χ0v) is 19.3. The number of nitrogens with zero attached hydrogens (tertiary/aromatic N) is 3. The number of aromatic nitrogens is 3. The Morgan fingerprint density at radius 1 is 1.06 bits per heavy atom. The number of pyridine rings is 1. The molecule has 1 fully saturated rings. The fraction of sp³-hybridized carbons (Fsp3) is 0.231. The fourth-order valence-corrected chi connectivity index (χ4v) is 4.84. The first-order valence-electron chi connectivity index (χ1n) is 11.4. The van der Waals surface area contributed by atoms with Gasteiger partial charge in [0.2, 0.25) is 11.9 Å². The van der Waals surface area contributed by atoms with Crippen molar-refractivity contribution in [3.63, 3.8) is 0 Å². The van der Waals surface area contributed by atoms with Gasteiger partial charge < -0.3 is 11.1 Å². The molecule has 2 heterocycles. The van der Waals surface area contributed by atoms with Gasteiger partial charge in [-0.05, 0) is 61.7 Å². The third kappa shape index (κ3) is 4.08. The molecule has 2 atom stereocenters. The summed E-state index contributed by atoms with van der Waals surface area (Å²) in [4.78, 5) is 33.9. The fourth-order valence-electron chi connectivity index (χ4n) is 4.84. The van der Waals surface area contributed by atoms with Crippen molar-refractivity contribution >= 4 is 22.9 Å². The van der Waals surface area contributed by atoms with Gasteiger partial charge in [-0.3, -0.25) is 14.2 Å². The van der Waals surface area contributed by atoms with Gasteiger partial charge in [0, 0.05) is 23.1 Å². The number of hydrogen-bond acceptors (Lipinski definition) is 5. The highest BCUT2D eigenvalue weighted by Gasteiger charge is 2.32. The van der Waals surface area contributed by atoms with Crippen molar-refractivity contribution in [2.24, 2.45) is 11.7 Å². The molecular weight excluding hydrogens is 471 g/mol. The maximum absolute atomic E-state index is 14.8. The monoisotopic (exact) mass is 493 g/mol. The molecule has 3 N–H and O–H groups in total. The van der Waals surface area contributed by atoms with E-state index in [1.165, 1.54) is 36.4 Å². The quantitative estimate of drug-likeness (QED) is 0.433. The van der Waals surface area contributed by atoms with E-state index in [1.807, 2.05) is 0 Å². The van der Waals surface area contributed by atoms with Crippen molar-refractivity contribution in [1.29, 1.82) is 0 Å². The van der Waals surface area contributed by atoms with E-state index >= 15 is 0 Å². The van der Waals surface area contributed by atoms with E-state index in [2.05, 4.69) is 15.3 Å². The van der Waals surface area contributed by atoms with Gasteiger partial charge in [-0.1, -0.05) is 12.5 Å². The largest absolute Gasteiger partial charge is 0.369 e. The molecule has 1 aliphatic rings. The lowest BCUT2D eigenvalue weighted by Gasteiger charge is -2.20. The van der Waals surface area contributed by atoms with Gasteiger partial charge in [-0.15, -0.1) is 0 Å². The molecule has 4 aromatic rings. The highest BCUT2D eigenvalue weighted by atomic mass is 19.1. The van der Waals surface area contributed by atoms with E-state index < -0.39 is 40.5 Å². The molecule has 10 heteroatoms. The number of fused-ring (bicyclic) bond motifs is 1. The third-order valence-corrected chi connectivity index (χ3v) is 6.55. The van der Waals surface area contributed by atoms with Crippen molar-refractivity contribution in [2.75, 3.05) is 5.32 Å². The van der Waals surface area contributed by atoms with Gasteiger partial charge >= 0.3 is 0 Å². The standard InChI is InChI=1S/C26H22F3N5O2/c1-13-12-14(27)8-9-15(13)22-17-10-11-21(35)34(23-18(28)5-3-6-19(23)29)25(17)33-26(32-22)31-20-7-2-4-16(20)24(30)36/h3,5-6,8-12,16,20H,2,4,7H2,1H3,(H2,30,36)(H,31,32,33)/t16-,20?/m0/s1. The Kier molecular flexibility index (Phi) is 5.95. The molecular formula is C26H22F3N5O2. The van der Waals surface area contributed by atoms with Crippen molar-refractivity contribution < 1.29 is 18.0 Å². The lowest BCUT2D eigenvalue weighted by atomic mass is 10.0. The van der Waals surface area contributed by atoms with Crippen LogP contribution in [0.1, 0.15) is 24.8 Å². The second-order valence-electron chi connectivity index (χ2n) is 8.86. The van der Waals surface area contributed by atoms with Crippen LogP contribution in [0.15, 0.2) is 53.3 Å².